The molecule has 0 spiro atoms. The van der Waals surface area contributed by atoms with E-state index < -0.39 is 5.97 Å². The molecule has 0 saturated carbocycles. The summed E-state index contributed by atoms with van der Waals surface area (Å²) in [5.74, 6) is -0.750. The Labute approximate surface area is 115 Å². The summed E-state index contributed by atoms with van der Waals surface area (Å²) in [6.07, 6.45) is 0. The van der Waals surface area contributed by atoms with Crippen molar-refractivity contribution in [3.8, 4) is 0 Å². The van der Waals surface area contributed by atoms with Crippen molar-refractivity contribution < 1.29 is 14.3 Å². The van der Waals surface area contributed by atoms with Crippen LogP contribution in [0.3, 0.4) is 0 Å². The third kappa shape index (κ3) is 3.92. The number of carbonyl (C=O) groups excluding carboxylic acids is 2. The molecule has 0 unspecified atom stereocenters. The number of ether oxygens (including phenoxy) is 1. The smallest absolute Gasteiger partial charge is 0.325 e. The van der Waals surface area contributed by atoms with Crippen LogP contribution >= 0.6 is 11.3 Å². The number of nitrogens with zero attached hydrogens (tertiary/aromatic N) is 2. The zero-order valence-corrected chi connectivity index (χ0v) is 12.3. The van der Waals surface area contributed by atoms with E-state index in [1.165, 1.54) is 16.6 Å². The van der Waals surface area contributed by atoms with Crippen molar-refractivity contribution in [2.45, 2.75) is 33.4 Å². The number of hydrogen-bond acceptors (Lipinski definition) is 5. The lowest BCUT2D eigenvalue weighted by Crippen LogP contribution is -2.43. The van der Waals surface area contributed by atoms with E-state index in [0.29, 0.717) is 0 Å². The number of carbonyl (C=O) groups is 2. The molecule has 7 heteroatoms. The van der Waals surface area contributed by atoms with Crippen LogP contribution in [0.2, 0.25) is 0 Å². The molecule has 1 aromatic rings. The Kier molecular flexibility index (Phi) is 5.29. The average Bonchev–Trinajstić information content (AvgIpc) is 2.66. The van der Waals surface area contributed by atoms with Gasteiger partial charge in [0, 0.05) is 17.1 Å². The van der Waals surface area contributed by atoms with Gasteiger partial charge in [-0.1, -0.05) is 11.3 Å². The fraction of sp³-hybridized carbons (Fsp3) is 0.583. The Morgan fingerprint density at radius 3 is 2.53 bits per heavy atom. The Morgan fingerprint density at radius 1 is 1.47 bits per heavy atom. The molecule has 0 aromatic carbocycles. The second-order valence-corrected chi connectivity index (χ2v) is 5.24. The van der Waals surface area contributed by atoms with E-state index in [0.717, 1.165) is 17.0 Å². The van der Waals surface area contributed by atoms with Gasteiger partial charge in [0.25, 0.3) is 0 Å². The molecule has 0 saturated heterocycles. The van der Waals surface area contributed by atoms with Gasteiger partial charge in [-0.25, -0.2) is 0 Å². The van der Waals surface area contributed by atoms with E-state index in [-0.39, 0.29) is 29.9 Å². The van der Waals surface area contributed by atoms with E-state index >= 15 is 0 Å². The molecule has 19 heavy (non-hydrogen) atoms. The number of aryl methyl sites for hydroxylation is 1. The maximum absolute atomic E-state index is 12.2. The number of aromatic nitrogens is 1. The molecular weight excluding hydrogens is 268 g/mol. The van der Waals surface area contributed by atoms with Gasteiger partial charge in [0.1, 0.15) is 13.1 Å². The van der Waals surface area contributed by atoms with Crippen molar-refractivity contribution in [1.82, 2.24) is 9.47 Å². The summed E-state index contributed by atoms with van der Waals surface area (Å²) in [5, 5.41) is 1.70. The highest BCUT2D eigenvalue weighted by atomic mass is 32.1. The predicted octanol–water partition coefficient (Wildman–Crippen LogP) is 0.628. The minimum Gasteiger partial charge on any atom is -0.468 e. The predicted molar refractivity (Wildman–Crippen MR) is 72.2 cm³/mol. The molecule has 0 aliphatic carbocycles. The van der Waals surface area contributed by atoms with Crippen LogP contribution < -0.4 is 4.87 Å². The summed E-state index contributed by atoms with van der Waals surface area (Å²) in [5.41, 5.74) is 0.741. The molecule has 0 aliphatic rings. The first-order valence-corrected chi connectivity index (χ1v) is 6.76. The van der Waals surface area contributed by atoms with Crippen LogP contribution in [-0.4, -0.2) is 41.0 Å². The number of thiazole rings is 1. The van der Waals surface area contributed by atoms with E-state index in [4.69, 9.17) is 0 Å². The normalized spacial score (nSPS) is 10.6. The molecule has 106 valence electrons. The molecule has 0 bridgehead atoms. The summed E-state index contributed by atoms with van der Waals surface area (Å²) in [4.78, 5) is 36.2. The van der Waals surface area contributed by atoms with Gasteiger partial charge < -0.3 is 9.64 Å². The Balaban J connectivity index is 2.84. The van der Waals surface area contributed by atoms with E-state index in [1.54, 1.807) is 12.3 Å². The van der Waals surface area contributed by atoms with E-state index in [2.05, 4.69) is 4.74 Å². The van der Waals surface area contributed by atoms with Gasteiger partial charge in [-0.3, -0.25) is 19.0 Å². The van der Waals surface area contributed by atoms with Crippen molar-refractivity contribution in [1.29, 1.82) is 0 Å². The highest BCUT2D eigenvalue weighted by Gasteiger charge is 2.21. The Bertz CT molecular complexity index is 518. The van der Waals surface area contributed by atoms with Gasteiger partial charge >= 0.3 is 10.8 Å². The molecular formula is C12H18N2O4S. The van der Waals surface area contributed by atoms with E-state index in [1.807, 2.05) is 13.8 Å². The first-order chi connectivity index (χ1) is 8.86. The molecule has 0 N–H and O–H groups in total. The van der Waals surface area contributed by atoms with Crippen molar-refractivity contribution in [2.75, 3.05) is 13.7 Å². The number of amides is 1. The molecule has 6 nitrogen and oxygen atoms in total. The van der Waals surface area contributed by atoms with Crippen molar-refractivity contribution in [3.05, 3.63) is 20.7 Å². The van der Waals surface area contributed by atoms with Crippen LogP contribution in [0.15, 0.2) is 10.2 Å². The fourth-order valence-electron chi connectivity index (χ4n) is 1.58. The molecule has 0 radical (unpaired) electrons. The quantitative estimate of drug-likeness (QED) is 0.744. The average molecular weight is 286 g/mol. The third-order valence-electron chi connectivity index (χ3n) is 2.74. The zero-order chi connectivity index (χ0) is 14.6. The van der Waals surface area contributed by atoms with Crippen molar-refractivity contribution >= 4 is 23.2 Å². The van der Waals surface area contributed by atoms with E-state index in [9.17, 15) is 14.4 Å². The Hall–Kier alpha value is -1.63. The number of esters is 1. The Morgan fingerprint density at radius 2 is 2.11 bits per heavy atom. The van der Waals surface area contributed by atoms with Crippen LogP contribution in [0.1, 0.15) is 19.5 Å². The summed E-state index contributed by atoms with van der Waals surface area (Å²) in [6.45, 7) is 5.23. The number of methoxy groups -OCH3 is 1. The minimum atomic E-state index is -0.476. The third-order valence-corrected chi connectivity index (χ3v) is 3.62. The molecule has 1 aromatic heterocycles. The monoisotopic (exact) mass is 286 g/mol. The lowest BCUT2D eigenvalue weighted by Gasteiger charge is -2.25. The van der Waals surface area contributed by atoms with Crippen molar-refractivity contribution in [2.24, 2.45) is 0 Å². The maximum Gasteiger partial charge on any atom is 0.325 e. The van der Waals surface area contributed by atoms with Crippen LogP contribution in [0.4, 0.5) is 0 Å². The highest BCUT2D eigenvalue weighted by Crippen LogP contribution is 2.04. The van der Waals surface area contributed by atoms with Gasteiger partial charge in [0.2, 0.25) is 5.91 Å². The van der Waals surface area contributed by atoms with Gasteiger partial charge in [-0.15, -0.1) is 0 Å². The van der Waals surface area contributed by atoms with Crippen LogP contribution in [0.5, 0.6) is 0 Å². The van der Waals surface area contributed by atoms with Gasteiger partial charge in [-0.2, -0.15) is 0 Å². The summed E-state index contributed by atoms with van der Waals surface area (Å²) in [7, 11) is 1.28. The minimum absolute atomic E-state index is 0.0522. The highest BCUT2D eigenvalue weighted by molar-refractivity contribution is 7.07. The van der Waals surface area contributed by atoms with Gasteiger partial charge in [0.15, 0.2) is 0 Å². The molecule has 0 atom stereocenters. The summed E-state index contributed by atoms with van der Waals surface area (Å²) >= 11 is 1.06. The molecule has 1 amide bonds. The van der Waals surface area contributed by atoms with Crippen molar-refractivity contribution in [3.63, 3.8) is 0 Å². The van der Waals surface area contributed by atoms with Gasteiger partial charge in [0.05, 0.1) is 7.11 Å². The lowest BCUT2D eigenvalue weighted by molar-refractivity contribution is -0.148. The molecule has 0 aliphatic heterocycles. The molecule has 1 rings (SSSR count). The SMILES string of the molecule is COC(=O)CN(C(=O)Cn1c(C)csc1=O)C(C)C. The number of rotatable bonds is 5. The maximum atomic E-state index is 12.2. The summed E-state index contributed by atoms with van der Waals surface area (Å²) in [6, 6.07) is -0.138. The second kappa shape index (κ2) is 6.51. The standard InChI is InChI=1S/C12H18N2O4S/c1-8(2)13(6-11(16)18-4)10(15)5-14-9(3)7-19-12(14)17/h7-8H,5-6H2,1-4H3. The zero-order valence-electron chi connectivity index (χ0n) is 11.5. The first-order valence-electron chi connectivity index (χ1n) is 5.88. The van der Waals surface area contributed by atoms with Crippen LogP contribution in [-0.2, 0) is 20.9 Å². The summed E-state index contributed by atoms with van der Waals surface area (Å²) < 4.78 is 5.97. The number of hydrogen-bond donors (Lipinski definition) is 0. The van der Waals surface area contributed by atoms with Crippen LogP contribution in [0, 0.1) is 6.92 Å². The second-order valence-electron chi connectivity index (χ2n) is 4.42. The molecule has 0 fully saturated rings. The topological polar surface area (TPSA) is 68.6 Å². The fourth-order valence-corrected chi connectivity index (χ4v) is 2.32. The van der Waals surface area contributed by atoms with Gasteiger partial charge in [-0.05, 0) is 20.8 Å². The lowest BCUT2D eigenvalue weighted by atomic mass is 10.3. The molecule has 1 heterocycles. The first kappa shape index (κ1) is 15.4. The largest absolute Gasteiger partial charge is 0.468 e. The van der Waals surface area contributed by atoms with Crippen LogP contribution in [0.25, 0.3) is 0 Å².